The largest absolute Gasteiger partial charge is 0.408 e. The van der Waals surface area contributed by atoms with E-state index in [1.165, 1.54) is 4.88 Å². The summed E-state index contributed by atoms with van der Waals surface area (Å²) < 4.78 is 38.3. The highest BCUT2D eigenvalue weighted by Gasteiger charge is 2.30. The van der Waals surface area contributed by atoms with Crippen molar-refractivity contribution in [3.05, 3.63) is 28.2 Å². The quantitative estimate of drug-likeness (QED) is 0.823. The average molecular weight is 346 g/mol. The van der Waals surface area contributed by atoms with Gasteiger partial charge in [0.2, 0.25) is 0 Å². The molecule has 0 aromatic carbocycles. The van der Waals surface area contributed by atoms with E-state index in [-0.39, 0.29) is 5.82 Å². The van der Waals surface area contributed by atoms with E-state index in [1.807, 2.05) is 6.07 Å². The van der Waals surface area contributed by atoms with E-state index in [0.29, 0.717) is 6.54 Å². The van der Waals surface area contributed by atoms with Gasteiger partial charge < -0.3 is 0 Å². The molecule has 0 aliphatic carbocycles. The zero-order valence-corrected chi connectivity index (χ0v) is 13.2. The molecule has 126 valence electrons. The monoisotopic (exact) mass is 346 g/mol. The van der Waals surface area contributed by atoms with Crippen LogP contribution < -0.4 is 0 Å². The molecule has 1 aliphatic rings. The molecule has 0 amide bonds. The van der Waals surface area contributed by atoms with Crippen LogP contribution in [-0.2, 0) is 19.6 Å². The number of hydrogen-bond donors (Lipinski definition) is 0. The van der Waals surface area contributed by atoms with Crippen LogP contribution in [0.1, 0.15) is 10.7 Å². The summed E-state index contributed by atoms with van der Waals surface area (Å²) in [6, 6.07) is 4.15. The molecule has 0 N–H and O–H groups in total. The molecule has 0 spiro atoms. The molecular formula is C13H17F3N6S. The molecule has 2 aromatic heterocycles. The van der Waals surface area contributed by atoms with Gasteiger partial charge in [-0.05, 0) is 21.9 Å². The Bertz CT molecular complexity index is 604. The molecule has 3 heterocycles. The van der Waals surface area contributed by atoms with E-state index in [1.54, 1.807) is 11.3 Å². The van der Waals surface area contributed by atoms with Gasteiger partial charge in [-0.3, -0.25) is 9.80 Å². The summed E-state index contributed by atoms with van der Waals surface area (Å²) in [5, 5.41) is 12.6. The SMILES string of the molecule is FC(F)(F)Cn1nnnc1CN1CCN(Cc2cccs2)CC1. The highest BCUT2D eigenvalue weighted by atomic mass is 32.1. The Morgan fingerprint density at radius 3 is 2.39 bits per heavy atom. The van der Waals surface area contributed by atoms with E-state index >= 15 is 0 Å². The van der Waals surface area contributed by atoms with Crippen LogP contribution in [0.4, 0.5) is 13.2 Å². The van der Waals surface area contributed by atoms with Gasteiger partial charge in [0, 0.05) is 37.6 Å². The summed E-state index contributed by atoms with van der Waals surface area (Å²) >= 11 is 1.74. The summed E-state index contributed by atoms with van der Waals surface area (Å²) in [6.45, 7) is 3.49. The molecular weight excluding hydrogens is 329 g/mol. The number of thiophene rings is 1. The van der Waals surface area contributed by atoms with E-state index in [0.717, 1.165) is 37.4 Å². The van der Waals surface area contributed by atoms with Crippen LogP contribution in [0.3, 0.4) is 0 Å². The number of hydrogen-bond acceptors (Lipinski definition) is 6. The zero-order chi connectivity index (χ0) is 16.3. The second-order valence-corrected chi connectivity index (χ2v) is 6.53. The predicted molar refractivity (Wildman–Crippen MR) is 78.7 cm³/mol. The maximum atomic E-state index is 12.5. The van der Waals surface area contributed by atoms with Gasteiger partial charge in [0.05, 0.1) is 6.54 Å². The van der Waals surface area contributed by atoms with Gasteiger partial charge in [0.15, 0.2) is 5.82 Å². The number of halogens is 3. The Morgan fingerprint density at radius 1 is 1.09 bits per heavy atom. The molecule has 1 aliphatic heterocycles. The van der Waals surface area contributed by atoms with Gasteiger partial charge in [-0.2, -0.15) is 13.2 Å². The topological polar surface area (TPSA) is 50.1 Å². The highest BCUT2D eigenvalue weighted by Crippen LogP contribution is 2.18. The molecule has 1 saturated heterocycles. The first kappa shape index (κ1) is 16.3. The minimum absolute atomic E-state index is 0.258. The van der Waals surface area contributed by atoms with Crippen molar-refractivity contribution in [2.24, 2.45) is 0 Å². The van der Waals surface area contributed by atoms with E-state index in [9.17, 15) is 13.2 Å². The van der Waals surface area contributed by atoms with Crippen LogP contribution in [0, 0.1) is 0 Å². The summed E-state index contributed by atoms with van der Waals surface area (Å²) in [6.07, 6.45) is -4.32. The highest BCUT2D eigenvalue weighted by molar-refractivity contribution is 7.09. The third-order valence-electron chi connectivity index (χ3n) is 3.72. The van der Waals surface area contributed by atoms with Crippen molar-refractivity contribution < 1.29 is 13.2 Å². The van der Waals surface area contributed by atoms with Crippen LogP contribution in [0.2, 0.25) is 0 Å². The second kappa shape index (κ2) is 6.93. The molecule has 3 rings (SSSR count). The Labute approximate surface area is 135 Å². The molecule has 0 unspecified atom stereocenters. The van der Waals surface area contributed by atoms with Crippen molar-refractivity contribution in [2.45, 2.75) is 25.8 Å². The Kier molecular flexibility index (Phi) is 4.93. The molecule has 0 bridgehead atoms. The van der Waals surface area contributed by atoms with Gasteiger partial charge in [0.25, 0.3) is 0 Å². The molecule has 23 heavy (non-hydrogen) atoms. The lowest BCUT2D eigenvalue weighted by atomic mass is 10.3. The lowest BCUT2D eigenvalue weighted by molar-refractivity contribution is -0.143. The van der Waals surface area contributed by atoms with E-state index in [4.69, 9.17) is 0 Å². The van der Waals surface area contributed by atoms with Gasteiger partial charge >= 0.3 is 6.18 Å². The van der Waals surface area contributed by atoms with E-state index < -0.39 is 12.7 Å². The van der Waals surface area contributed by atoms with Gasteiger partial charge in [-0.25, -0.2) is 4.68 Å². The maximum absolute atomic E-state index is 12.5. The standard InChI is InChI=1S/C13H17F3N6S/c14-13(15,16)10-22-12(17-18-19-22)9-21-5-3-20(4-6-21)8-11-2-1-7-23-11/h1-2,7H,3-6,8-10H2. The Morgan fingerprint density at radius 2 is 1.78 bits per heavy atom. The number of alkyl halides is 3. The third kappa shape index (κ3) is 4.72. The predicted octanol–water partition coefficient (Wildman–Crippen LogP) is 1.61. The normalized spacial score (nSPS) is 17.7. The lowest BCUT2D eigenvalue weighted by Crippen LogP contribution is -2.45. The molecule has 0 saturated carbocycles. The minimum atomic E-state index is -4.32. The summed E-state index contributed by atoms with van der Waals surface area (Å²) in [7, 11) is 0. The number of rotatable bonds is 5. The van der Waals surface area contributed by atoms with Gasteiger partial charge in [0.1, 0.15) is 6.54 Å². The van der Waals surface area contributed by atoms with Gasteiger partial charge in [-0.15, -0.1) is 16.4 Å². The number of nitrogens with zero attached hydrogens (tertiary/aromatic N) is 6. The second-order valence-electron chi connectivity index (χ2n) is 5.50. The first-order valence-electron chi connectivity index (χ1n) is 7.28. The molecule has 2 aromatic rings. The van der Waals surface area contributed by atoms with Gasteiger partial charge in [-0.1, -0.05) is 6.07 Å². The summed E-state index contributed by atoms with van der Waals surface area (Å²) in [4.78, 5) is 5.76. The van der Waals surface area contributed by atoms with Crippen LogP contribution in [-0.4, -0.2) is 62.4 Å². The Balaban J connectivity index is 1.50. The zero-order valence-electron chi connectivity index (χ0n) is 12.4. The van der Waals surface area contributed by atoms with Crippen LogP contribution in [0.5, 0.6) is 0 Å². The lowest BCUT2D eigenvalue weighted by Gasteiger charge is -2.34. The molecule has 0 atom stereocenters. The van der Waals surface area contributed by atoms with Crippen LogP contribution in [0.15, 0.2) is 17.5 Å². The van der Waals surface area contributed by atoms with Crippen molar-refractivity contribution in [3.63, 3.8) is 0 Å². The molecule has 0 radical (unpaired) electrons. The fraction of sp³-hybridized carbons (Fsp3) is 0.615. The third-order valence-corrected chi connectivity index (χ3v) is 4.59. The first-order chi connectivity index (χ1) is 11.0. The van der Waals surface area contributed by atoms with E-state index in [2.05, 4.69) is 36.8 Å². The fourth-order valence-corrected chi connectivity index (χ4v) is 3.30. The number of tetrazole rings is 1. The summed E-state index contributed by atoms with van der Waals surface area (Å²) in [5.74, 6) is 0.258. The fourth-order valence-electron chi connectivity index (χ4n) is 2.56. The molecule has 6 nitrogen and oxygen atoms in total. The van der Waals surface area contributed by atoms with Crippen molar-refractivity contribution in [3.8, 4) is 0 Å². The van der Waals surface area contributed by atoms with Crippen molar-refractivity contribution >= 4 is 11.3 Å². The molecule has 1 fully saturated rings. The van der Waals surface area contributed by atoms with Crippen molar-refractivity contribution in [1.82, 2.24) is 30.0 Å². The number of piperazine rings is 1. The maximum Gasteiger partial charge on any atom is 0.408 e. The summed E-state index contributed by atoms with van der Waals surface area (Å²) in [5.41, 5.74) is 0. The van der Waals surface area contributed by atoms with Crippen molar-refractivity contribution in [1.29, 1.82) is 0 Å². The van der Waals surface area contributed by atoms with Crippen LogP contribution in [0.25, 0.3) is 0 Å². The molecule has 10 heteroatoms. The Hall–Kier alpha value is -1.52. The van der Waals surface area contributed by atoms with Crippen molar-refractivity contribution in [2.75, 3.05) is 26.2 Å². The minimum Gasteiger partial charge on any atom is -0.296 e. The smallest absolute Gasteiger partial charge is 0.296 e. The first-order valence-corrected chi connectivity index (χ1v) is 8.16. The average Bonchev–Trinajstić information content (AvgIpc) is 3.12. The number of aromatic nitrogens is 4. The van der Waals surface area contributed by atoms with Crippen LogP contribution >= 0.6 is 11.3 Å².